The second-order valence-electron chi connectivity index (χ2n) is 2.74. The lowest BCUT2D eigenvalue weighted by Gasteiger charge is -2.11. The third kappa shape index (κ3) is 3.11. The van der Waals surface area contributed by atoms with Crippen LogP contribution in [0, 0.1) is 0 Å². The van der Waals surface area contributed by atoms with E-state index in [-0.39, 0.29) is 18.2 Å². The lowest BCUT2D eigenvalue weighted by atomic mass is 10.4. The molecule has 1 heterocycles. The first-order valence-corrected chi connectivity index (χ1v) is 4.41. The zero-order chi connectivity index (χ0) is 12.2. The second-order valence-corrected chi connectivity index (χ2v) is 2.74. The Labute approximate surface area is 89.4 Å². The minimum absolute atomic E-state index is 0.0393. The van der Waals surface area contributed by atoms with Crippen LogP contribution in [0.2, 0.25) is 0 Å². The van der Waals surface area contributed by atoms with E-state index in [9.17, 15) is 18.0 Å². The van der Waals surface area contributed by atoms with Gasteiger partial charge in [0.2, 0.25) is 5.88 Å². The predicted octanol–water partition coefficient (Wildman–Crippen LogP) is 1.98. The van der Waals surface area contributed by atoms with Gasteiger partial charge in [0.15, 0.2) is 0 Å². The summed E-state index contributed by atoms with van der Waals surface area (Å²) in [5.74, 6) is -2.09. The number of hydrogen-bond acceptors (Lipinski definition) is 3. The van der Waals surface area contributed by atoms with E-state index in [4.69, 9.17) is 4.74 Å². The molecule has 16 heavy (non-hydrogen) atoms. The van der Waals surface area contributed by atoms with Crippen molar-refractivity contribution in [2.75, 3.05) is 11.9 Å². The van der Waals surface area contributed by atoms with E-state index < -0.39 is 12.1 Å². The van der Waals surface area contributed by atoms with E-state index in [1.165, 1.54) is 18.3 Å². The molecule has 1 amide bonds. The number of amides is 1. The summed E-state index contributed by atoms with van der Waals surface area (Å²) >= 11 is 0. The summed E-state index contributed by atoms with van der Waals surface area (Å²) in [7, 11) is 0. The molecule has 88 valence electrons. The summed E-state index contributed by atoms with van der Waals surface area (Å²) in [4.78, 5) is 14.4. The van der Waals surface area contributed by atoms with E-state index in [2.05, 4.69) is 4.98 Å². The third-order valence-electron chi connectivity index (χ3n) is 1.56. The molecule has 1 aromatic heterocycles. The van der Waals surface area contributed by atoms with Crippen molar-refractivity contribution >= 4 is 11.6 Å². The first-order valence-electron chi connectivity index (χ1n) is 4.41. The number of carbonyl (C=O) groups is 1. The van der Waals surface area contributed by atoms with Gasteiger partial charge in [0.25, 0.3) is 0 Å². The van der Waals surface area contributed by atoms with Gasteiger partial charge in [0.05, 0.1) is 6.61 Å². The van der Waals surface area contributed by atoms with Crippen molar-refractivity contribution in [1.82, 2.24) is 4.98 Å². The summed E-state index contributed by atoms with van der Waals surface area (Å²) in [6.07, 6.45) is -3.58. The van der Waals surface area contributed by atoms with Crippen LogP contribution >= 0.6 is 0 Å². The maximum absolute atomic E-state index is 12.0. The average molecular weight is 234 g/mol. The second kappa shape index (κ2) is 4.82. The van der Waals surface area contributed by atoms with Crippen LogP contribution < -0.4 is 10.1 Å². The highest BCUT2D eigenvalue weighted by Crippen LogP contribution is 2.23. The number of aromatic nitrogens is 1. The molecule has 4 nitrogen and oxygen atoms in total. The molecule has 1 rings (SSSR count). The van der Waals surface area contributed by atoms with E-state index >= 15 is 0 Å². The smallest absolute Gasteiger partial charge is 0.471 e. The van der Waals surface area contributed by atoms with Crippen LogP contribution in [0.3, 0.4) is 0 Å². The highest BCUT2D eigenvalue weighted by Gasteiger charge is 2.39. The Morgan fingerprint density at radius 3 is 2.81 bits per heavy atom. The molecule has 1 aromatic rings. The van der Waals surface area contributed by atoms with Gasteiger partial charge in [-0.3, -0.25) is 4.79 Å². The molecule has 1 N–H and O–H groups in total. The van der Waals surface area contributed by atoms with Crippen LogP contribution in [0.4, 0.5) is 18.9 Å². The van der Waals surface area contributed by atoms with Crippen LogP contribution in [0.15, 0.2) is 18.3 Å². The molecular formula is C9H9F3N2O2. The molecular weight excluding hydrogens is 225 g/mol. The number of ether oxygens (including phenoxy) is 1. The maximum Gasteiger partial charge on any atom is 0.471 e. The summed E-state index contributed by atoms with van der Waals surface area (Å²) in [6.45, 7) is 1.90. The lowest BCUT2D eigenvalue weighted by Crippen LogP contribution is -2.30. The summed E-state index contributed by atoms with van der Waals surface area (Å²) < 4.78 is 40.9. The Morgan fingerprint density at radius 2 is 2.25 bits per heavy atom. The SMILES string of the molecule is CCOc1ncccc1NC(=O)C(F)(F)F. The Morgan fingerprint density at radius 1 is 1.56 bits per heavy atom. The normalized spacial score (nSPS) is 11.0. The third-order valence-corrected chi connectivity index (χ3v) is 1.56. The number of hydrogen-bond donors (Lipinski definition) is 1. The predicted molar refractivity (Wildman–Crippen MR) is 50.1 cm³/mol. The summed E-state index contributed by atoms with van der Waals surface area (Å²) in [5.41, 5.74) is -0.105. The molecule has 0 aliphatic carbocycles. The van der Waals surface area contributed by atoms with Crippen molar-refractivity contribution in [3.8, 4) is 5.88 Å². The highest BCUT2D eigenvalue weighted by atomic mass is 19.4. The lowest BCUT2D eigenvalue weighted by molar-refractivity contribution is -0.167. The van der Waals surface area contributed by atoms with E-state index in [0.717, 1.165) is 0 Å². The van der Waals surface area contributed by atoms with Crippen LogP contribution in [0.5, 0.6) is 5.88 Å². The molecule has 7 heteroatoms. The number of nitrogens with zero attached hydrogens (tertiary/aromatic N) is 1. The topological polar surface area (TPSA) is 51.2 Å². The quantitative estimate of drug-likeness (QED) is 0.869. The minimum Gasteiger partial charge on any atom is -0.476 e. The Hall–Kier alpha value is -1.79. The van der Waals surface area contributed by atoms with E-state index in [0.29, 0.717) is 0 Å². The first-order chi connectivity index (χ1) is 7.45. The summed E-state index contributed by atoms with van der Waals surface area (Å²) in [6, 6.07) is 2.68. The number of anilines is 1. The van der Waals surface area contributed by atoms with Crippen molar-refractivity contribution in [1.29, 1.82) is 0 Å². The van der Waals surface area contributed by atoms with Gasteiger partial charge >= 0.3 is 12.1 Å². The monoisotopic (exact) mass is 234 g/mol. The average Bonchev–Trinajstić information content (AvgIpc) is 2.20. The van der Waals surface area contributed by atoms with Gasteiger partial charge < -0.3 is 10.1 Å². The zero-order valence-electron chi connectivity index (χ0n) is 8.34. The number of carbonyl (C=O) groups excluding carboxylic acids is 1. The fourth-order valence-corrected chi connectivity index (χ4v) is 0.931. The molecule has 0 bridgehead atoms. The molecule has 0 aromatic carbocycles. The zero-order valence-corrected chi connectivity index (χ0v) is 8.34. The minimum atomic E-state index is -4.93. The van der Waals surface area contributed by atoms with Crippen molar-refractivity contribution in [3.05, 3.63) is 18.3 Å². The van der Waals surface area contributed by atoms with Gasteiger partial charge in [0, 0.05) is 6.20 Å². The Balaban J connectivity index is 2.84. The van der Waals surface area contributed by atoms with Crippen molar-refractivity contribution in [2.45, 2.75) is 13.1 Å². The van der Waals surface area contributed by atoms with Gasteiger partial charge in [-0.25, -0.2) is 4.98 Å². The first kappa shape index (κ1) is 12.3. The molecule has 0 aliphatic heterocycles. The van der Waals surface area contributed by atoms with Gasteiger partial charge in [-0.05, 0) is 19.1 Å². The number of halogens is 3. The number of pyridine rings is 1. The van der Waals surface area contributed by atoms with Crippen LogP contribution in [0.1, 0.15) is 6.92 Å². The number of rotatable bonds is 3. The molecule has 0 unspecified atom stereocenters. The van der Waals surface area contributed by atoms with Crippen LogP contribution in [-0.4, -0.2) is 23.7 Å². The standard InChI is InChI=1S/C9H9F3N2O2/c1-2-16-7-6(4-3-5-13-7)14-8(15)9(10,11)12/h3-5H,2H2,1H3,(H,14,15). The number of nitrogens with one attached hydrogen (secondary N) is 1. The molecule has 0 saturated carbocycles. The maximum atomic E-state index is 12.0. The molecule has 0 atom stereocenters. The van der Waals surface area contributed by atoms with E-state index in [1.807, 2.05) is 0 Å². The summed E-state index contributed by atoms with van der Waals surface area (Å²) in [5, 5.41) is 1.68. The number of alkyl halides is 3. The van der Waals surface area contributed by atoms with Gasteiger partial charge in [0.1, 0.15) is 5.69 Å². The molecule has 0 aliphatic rings. The molecule has 0 saturated heterocycles. The molecule has 0 fully saturated rings. The van der Waals surface area contributed by atoms with Crippen LogP contribution in [0.25, 0.3) is 0 Å². The fourth-order valence-electron chi connectivity index (χ4n) is 0.931. The highest BCUT2D eigenvalue weighted by molar-refractivity contribution is 5.95. The van der Waals surface area contributed by atoms with E-state index in [1.54, 1.807) is 12.2 Å². The Kier molecular flexibility index (Phi) is 3.70. The fraction of sp³-hybridized carbons (Fsp3) is 0.333. The molecule has 0 radical (unpaired) electrons. The molecule has 0 spiro atoms. The van der Waals surface area contributed by atoms with Gasteiger partial charge in [-0.1, -0.05) is 0 Å². The van der Waals surface area contributed by atoms with Gasteiger partial charge in [-0.2, -0.15) is 13.2 Å². The van der Waals surface area contributed by atoms with Gasteiger partial charge in [-0.15, -0.1) is 0 Å². The largest absolute Gasteiger partial charge is 0.476 e. The van der Waals surface area contributed by atoms with Crippen LogP contribution in [-0.2, 0) is 4.79 Å². The van der Waals surface area contributed by atoms with Crippen molar-refractivity contribution < 1.29 is 22.7 Å². The van der Waals surface area contributed by atoms with Crippen molar-refractivity contribution in [2.24, 2.45) is 0 Å². The Bertz CT molecular complexity index is 379. The van der Waals surface area contributed by atoms with Crippen molar-refractivity contribution in [3.63, 3.8) is 0 Å².